The number of halogens is 1. The molecule has 1 unspecified atom stereocenters. The Balaban J connectivity index is 1.97. The van der Waals surface area contributed by atoms with E-state index in [1.807, 2.05) is 6.92 Å². The second-order valence-corrected chi connectivity index (χ2v) is 4.77. The quantitative estimate of drug-likeness (QED) is 0.911. The molecule has 0 aromatic heterocycles. The summed E-state index contributed by atoms with van der Waals surface area (Å²) in [6.07, 6.45) is 0.299. The van der Waals surface area contributed by atoms with Crippen LogP contribution in [0.3, 0.4) is 0 Å². The van der Waals surface area contributed by atoms with Gasteiger partial charge < -0.3 is 10.2 Å². The average Bonchev–Trinajstić information content (AvgIpc) is 2.73. The second kappa shape index (κ2) is 5.40. The Morgan fingerprint density at radius 2 is 2.11 bits per heavy atom. The van der Waals surface area contributed by atoms with Crippen LogP contribution in [-0.4, -0.2) is 29.8 Å². The highest BCUT2D eigenvalue weighted by Crippen LogP contribution is 2.20. The Labute approximate surface area is 111 Å². The summed E-state index contributed by atoms with van der Waals surface area (Å²) in [6.45, 7) is 3.08. The number of hydrogen-bond acceptors (Lipinski definition) is 2. The zero-order chi connectivity index (χ0) is 13.1. The second-order valence-electron chi connectivity index (χ2n) is 4.33. The molecule has 1 fully saturated rings. The van der Waals surface area contributed by atoms with Crippen LogP contribution in [0.1, 0.15) is 13.3 Å². The Hall–Kier alpha value is -1.55. The van der Waals surface area contributed by atoms with Gasteiger partial charge in [0.2, 0.25) is 11.8 Å². The van der Waals surface area contributed by atoms with Crippen molar-refractivity contribution in [1.29, 1.82) is 0 Å². The van der Waals surface area contributed by atoms with Crippen LogP contribution in [0.4, 0.5) is 5.69 Å². The first kappa shape index (κ1) is 12.9. The predicted molar refractivity (Wildman–Crippen MR) is 70.4 cm³/mol. The smallest absolute Gasteiger partial charge is 0.229 e. The number of anilines is 1. The van der Waals surface area contributed by atoms with Crippen molar-refractivity contribution in [3.05, 3.63) is 29.3 Å². The maximum atomic E-state index is 12.0. The van der Waals surface area contributed by atoms with Gasteiger partial charge in [0, 0.05) is 30.2 Å². The first-order valence-electron chi connectivity index (χ1n) is 5.94. The number of amides is 2. The molecule has 1 saturated heterocycles. The summed E-state index contributed by atoms with van der Waals surface area (Å²) in [5, 5.41) is 3.43. The molecular formula is C13H15ClN2O2. The summed E-state index contributed by atoms with van der Waals surface area (Å²) in [7, 11) is 0. The number of benzene rings is 1. The molecule has 2 amide bonds. The Morgan fingerprint density at radius 1 is 1.44 bits per heavy atom. The van der Waals surface area contributed by atoms with E-state index in [2.05, 4.69) is 5.32 Å². The third-order valence-electron chi connectivity index (χ3n) is 3.08. The highest BCUT2D eigenvalue weighted by molar-refractivity contribution is 6.30. The van der Waals surface area contributed by atoms with E-state index in [1.54, 1.807) is 29.2 Å². The normalized spacial score (nSPS) is 19.1. The molecule has 1 N–H and O–H groups in total. The van der Waals surface area contributed by atoms with Crippen molar-refractivity contribution in [2.75, 3.05) is 18.4 Å². The van der Waals surface area contributed by atoms with Gasteiger partial charge >= 0.3 is 0 Å². The van der Waals surface area contributed by atoms with Crippen molar-refractivity contribution in [3.63, 3.8) is 0 Å². The van der Waals surface area contributed by atoms with Crippen LogP contribution in [0.15, 0.2) is 24.3 Å². The van der Waals surface area contributed by atoms with Crippen molar-refractivity contribution in [3.8, 4) is 0 Å². The first-order valence-corrected chi connectivity index (χ1v) is 6.32. The standard InChI is InChI=1S/C13H15ClN2O2/c1-2-16-8-9(7-12(16)17)13(18)15-11-5-3-10(14)4-6-11/h3-6,9H,2,7-8H2,1H3,(H,15,18). The topological polar surface area (TPSA) is 49.4 Å². The van der Waals surface area contributed by atoms with Crippen LogP contribution in [0, 0.1) is 5.92 Å². The zero-order valence-electron chi connectivity index (χ0n) is 10.1. The number of nitrogens with zero attached hydrogens (tertiary/aromatic N) is 1. The van der Waals surface area contributed by atoms with Crippen LogP contribution in [0.25, 0.3) is 0 Å². The molecule has 0 radical (unpaired) electrons. The Morgan fingerprint density at radius 3 is 2.67 bits per heavy atom. The molecule has 0 spiro atoms. The summed E-state index contributed by atoms with van der Waals surface area (Å²) >= 11 is 5.77. The van der Waals surface area contributed by atoms with Gasteiger partial charge in [0.25, 0.3) is 0 Å². The summed E-state index contributed by atoms with van der Waals surface area (Å²) in [6, 6.07) is 6.92. The fourth-order valence-corrected chi connectivity index (χ4v) is 2.16. The van der Waals surface area contributed by atoms with Crippen molar-refractivity contribution in [2.24, 2.45) is 5.92 Å². The molecule has 2 rings (SSSR count). The Bertz CT molecular complexity index is 459. The fourth-order valence-electron chi connectivity index (χ4n) is 2.03. The van der Waals surface area contributed by atoms with Gasteiger partial charge in [-0.2, -0.15) is 0 Å². The maximum absolute atomic E-state index is 12.0. The maximum Gasteiger partial charge on any atom is 0.229 e. The Kier molecular flexibility index (Phi) is 3.87. The minimum atomic E-state index is -0.256. The molecule has 4 nitrogen and oxygen atoms in total. The SMILES string of the molecule is CCN1CC(C(=O)Nc2ccc(Cl)cc2)CC1=O. The first-order chi connectivity index (χ1) is 8.60. The number of rotatable bonds is 3. The minimum Gasteiger partial charge on any atom is -0.342 e. The third kappa shape index (κ3) is 2.82. The summed E-state index contributed by atoms with van der Waals surface area (Å²) in [5.74, 6) is -0.316. The van der Waals surface area contributed by atoms with E-state index < -0.39 is 0 Å². The molecule has 0 aliphatic carbocycles. The number of hydrogen-bond donors (Lipinski definition) is 1. The van der Waals surface area contributed by atoms with Crippen molar-refractivity contribution >= 4 is 29.1 Å². The number of carbonyl (C=O) groups excluding carboxylic acids is 2. The van der Waals surface area contributed by atoms with E-state index in [-0.39, 0.29) is 17.7 Å². The van der Waals surface area contributed by atoms with E-state index in [0.29, 0.717) is 30.2 Å². The van der Waals surface area contributed by atoms with Crippen molar-refractivity contribution in [2.45, 2.75) is 13.3 Å². The zero-order valence-corrected chi connectivity index (χ0v) is 10.9. The lowest BCUT2D eigenvalue weighted by Gasteiger charge is -2.13. The van der Waals surface area contributed by atoms with Gasteiger partial charge in [0.05, 0.1) is 5.92 Å². The molecule has 96 valence electrons. The van der Waals surface area contributed by atoms with Gasteiger partial charge in [0.1, 0.15) is 0 Å². The van der Waals surface area contributed by atoms with Crippen LogP contribution in [-0.2, 0) is 9.59 Å². The summed E-state index contributed by atoms with van der Waals surface area (Å²) in [5.41, 5.74) is 0.701. The van der Waals surface area contributed by atoms with E-state index in [0.717, 1.165) is 0 Å². The highest BCUT2D eigenvalue weighted by atomic mass is 35.5. The lowest BCUT2D eigenvalue weighted by atomic mass is 10.1. The molecule has 1 aliphatic heterocycles. The molecule has 5 heteroatoms. The molecule has 18 heavy (non-hydrogen) atoms. The number of likely N-dealkylation sites (tertiary alicyclic amines) is 1. The number of carbonyl (C=O) groups is 2. The minimum absolute atomic E-state index is 0.0498. The van der Waals surface area contributed by atoms with Gasteiger partial charge in [-0.15, -0.1) is 0 Å². The van der Waals surface area contributed by atoms with Crippen molar-refractivity contribution < 1.29 is 9.59 Å². The molecule has 1 atom stereocenters. The van der Waals surface area contributed by atoms with Gasteiger partial charge in [-0.05, 0) is 31.2 Å². The van der Waals surface area contributed by atoms with E-state index in [1.165, 1.54) is 0 Å². The lowest BCUT2D eigenvalue weighted by Crippen LogP contribution is -2.28. The monoisotopic (exact) mass is 266 g/mol. The third-order valence-corrected chi connectivity index (χ3v) is 3.33. The van der Waals surface area contributed by atoms with Crippen LogP contribution >= 0.6 is 11.6 Å². The summed E-state index contributed by atoms with van der Waals surface area (Å²) in [4.78, 5) is 25.2. The van der Waals surface area contributed by atoms with Gasteiger partial charge in [-0.25, -0.2) is 0 Å². The van der Waals surface area contributed by atoms with E-state index >= 15 is 0 Å². The van der Waals surface area contributed by atoms with Crippen LogP contribution < -0.4 is 5.32 Å². The van der Waals surface area contributed by atoms with Gasteiger partial charge in [0.15, 0.2) is 0 Å². The molecule has 1 aromatic rings. The predicted octanol–water partition coefficient (Wildman–Crippen LogP) is 2.15. The molecule has 1 aromatic carbocycles. The van der Waals surface area contributed by atoms with Crippen LogP contribution in [0.5, 0.6) is 0 Å². The summed E-state index contributed by atoms with van der Waals surface area (Å²) < 4.78 is 0. The lowest BCUT2D eigenvalue weighted by molar-refractivity contribution is -0.128. The van der Waals surface area contributed by atoms with Gasteiger partial charge in [-0.3, -0.25) is 9.59 Å². The van der Waals surface area contributed by atoms with Gasteiger partial charge in [-0.1, -0.05) is 11.6 Å². The molecule has 0 bridgehead atoms. The van der Waals surface area contributed by atoms with E-state index in [9.17, 15) is 9.59 Å². The molecule has 0 saturated carbocycles. The highest BCUT2D eigenvalue weighted by Gasteiger charge is 2.33. The molecule has 1 aliphatic rings. The largest absolute Gasteiger partial charge is 0.342 e. The van der Waals surface area contributed by atoms with Crippen molar-refractivity contribution in [1.82, 2.24) is 4.90 Å². The number of nitrogens with one attached hydrogen (secondary N) is 1. The average molecular weight is 267 g/mol. The van der Waals surface area contributed by atoms with Crippen LogP contribution in [0.2, 0.25) is 5.02 Å². The fraction of sp³-hybridized carbons (Fsp3) is 0.385. The molecular weight excluding hydrogens is 252 g/mol. The molecule has 1 heterocycles. The van der Waals surface area contributed by atoms with E-state index in [4.69, 9.17) is 11.6 Å².